The number of nitrogens with two attached hydrogens (primary N) is 1. The molecular formula is C10H11N3O3S. The summed E-state index contributed by atoms with van der Waals surface area (Å²) in [7, 11) is -2.28. The third-order valence-corrected chi connectivity index (χ3v) is 2.71. The Morgan fingerprint density at radius 2 is 2.12 bits per heavy atom. The topological polar surface area (TPSA) is 94.3 Å². The van der Waals surface area contributed by atoms with Crippen molar-refractivity contribution in [3.05, 3.63) is 30.5 Å². The second-order valence-corrected chi connectivity index (χ2v) is 4.66. The highest BCUT2D eigenvalue weighted by Gasteiger charge is 2.10. The van der Waals surface area contributed by atoms with Crippen LogP contribution in [-0.4, -0.2) is 20.5 Å². The van der Waals surface area contributed by atoms with Gasteiger partial charge in [-0.25, -0.2) is 5.14 Å². The van der Waals surface area contributed by atoms with Gasteiger partial charge in [0.25, 0.3) is 10.2 Å². The van der Waals surface area contributed by atoms with Gasteiger partial charge in [-0.15, -0.1) is 0 Å². The lowest BCUT2D eigenvalue weighted by atomic mass is 10.2. The Balaban J connectivity index is 2.67. The fourth-order valence-electron chi connectivity index (χ4n) is 1.55. The highest BCUT2D eigenvalue weighted by atomic mass is 32.2. The van der Waals surface area contributed by atoms with Crippen molar-refractivity contribution in [1.29, 1.82) is 0 Å². The number of methoxy groups -OCH3 is 1. The van der Waals surface area contributed by atoms with E-state index in [1.54, 1.807) is 30.5 Å². The van der Waals surface area contributed by atoms with Gasteiger partial charge in [0.1, 0.15) is 11.3 Å². The molecule has 2 aromatic rings. The standard InChI is InChI=1S/C10H11N3O3S/c1-16-9-5-4-8(13-17(11,14)15)7-3-2-6-12-10(7)9/h2-6,13H,1H3,(H2,11,14,15). The van der Waals surface area contributed by atoms with Crippen molar-refractivity contribution in [3.63, 3.8) is 0 Å². The molecule has 7 heteroatoms. The van der Waals surface area contributed by atoms with Crippen LogP contribution in [0.3, 0.4) is 0 Å². The average Bonchev–Trinajstić information content (AvgIpc) is 2.28. The molecular weight excluding hydrogens is 242 g/mol. The smallest absolute Gasteiger partial charge is 0.296 e. The molecule has 17 heavy (non-hydrogen) atoms. The first kappa shape index (κ1) is 11.6. The summed E-state index contributed by atoms with van der Waals surface area (Å²) in [6.45, 7) is 0. The molecule has 0 bridgehead atoms. The van der Waals surface area contributed by atoms with Crippen LogP contribution in [0.25, 0.3) is 10.9 Å². The number of rotatable bonds is 3. The van der Waals surface area contributed by atoms with Crippen molar-refractivity contribution >= 4 is 26.8 Å². The summed E-state index contributed by atoms with van der Waals surface area (Å²) >= 11 is 0. The number of benzene rings is 1. The molecule has 0 aliphatic heterocycles. The van der Waals surface area contributed by atoms with E-state index in [2.05, 4.69) is 9.71 Å². The number of nitrogens with one attached hydrogen (secondary N) is 1. The van der Waals surface area contributed by atoms with E-state index in [4.69, 9.17) is 9.88 Å². The van der Waals surface area contributed by atoms with Crippen LogP contribution in [0.1, 0.15) is 0 Å². The van der Waals surface area contributed by atoms with Gasteiger partial charge in [-0.05, 0) is 24.3 Å². The van der Waals surface area contributed by atoms with Gasteiger partial charge in [0.2, 0.25) is 0 Å². The Hall–Kier alpha value is -1.86. The molecule has 0 saturated carbocycles. The molecule has 90 valence electrons. The molecule has 0 saturated heterocycles. The first-order valence-corrected chi connectivity index (χ1v) is 6.28. The van der Waals surface area contributed by atoms with Gasteiger partial charge in [0.15, 0.2) is 0 Å². The van der Waals surface area contributed by atoms with Crippen molar-refractivity contribution in [2.24, 2.45) is 5.14 Å². The summed E-state index contributed by atoms with van der Waals surface area (Å²) in [4.78, 5) is 4.14. The monoisotopic (exact) mass is 253 g/mol. The number of hydrogen-bond donors (Lipinski definition) is 2. The van der Waals surface area contributed by atoms with Gasteiger partial charge < -0.3 is 4.74 Å². The van der Waals surface area contributed by atoms with Crippen LogP contribution in [-0.2, 0) is 10.2 Å². The third kappa shape index (κ3) is 2.45. The zero-order chi connectivity index (χ0) is 12.5. The Kier molecular flexibility index (Phi) is 2.86. The number of pyridine rings is 1. The molecule has 1 aromatic carbocycles. The summed E-state index contributed by atoms with van der Waals surface area (Å²) in [6, 6.07) is 6.64. The molecule has 0 amide bonds. The van der Waals surface area contributed by atoms with Crippen LogP contribution in [0, 0.1) is 0 Å². The molecule has 2 rings (SSSR count). The summed E-state index contributed by atoms with van der Waals surface area (Å²) in [5.74, 6) is 0.570. The lowest BCUT2D eigenvalue weighted by molar-refractivity contribution is 0.419. The molecule has 3 N–H and O–H groups in total. The Labute approximate surface area is 98.6 Å². The van der Waals surface area contributed by atoms with Crippen LogP contribution < -0.4 is 14.6 Å². The number of nitrogens with zero attached hydrogens (tertiary/aromatic N) is 1. The Morgan fingerprint density at radius 3 is 2.76 bits per heavy atom. The molecule has 1 heterocycles. The van der Waals surface area contributed by atoms with Crippen molar-refractivity contribution < 1.29 is 13.2 Å². The summed E-state index contributed by atoms with van der Waals surface area (Å²) in [5.41, 5.74) is 0.944. The average molecular weight is 253 g/mol. The third-order valence-electron chi connectivity index (χ3n) is 2.20. The minimum absolute atomic E-state index is 0.372. The molecule has 0 aliphatic rings. The van der Waals surface area contributed by atoms with Crippen molar-refractivity contribution in [2.45, 2.75) is 0 Å². The normalized spacial score (nSPS) is 11.4. The molecule has 0 unspecified atom stereocenters. The van der Waals surface area contributed by atoms with Crippen LogP contribution in [0.4, 0.5) is 5.69 Å². The summed E-state index contributed by atoms with van der Waals surface area (Å²) < 4.78 is 29.4. The number of hydrogen-bond acceptors (Lipinski definition) is 4. The van der Waals surface area contributed by atoms with E-state index in [1.807, 2.05) is 0 Å². The quantitative estimate of drug-likeness (QED) is 0.848. The molecule has 6 nitrogen and oxygen atoms in total. The van der Waals surface area contributed by atoms with E-state index in [-0.39, 0.29) is 0 Å². The van der Waals surface area contributed by atoms with Crippen LogP contribution in [0.5, 0.6) is 5.75 Å². The first-order valence-electron chi connectivity index (χ1n) is 4.73. The summed E-state index contributed by atoms with van der Waals surface area (Å²) in [6.07, 6.45) is 1.60. The number of anilines is 1. The minimum Gasteiger partial charge on any atom is -0.494 e. The SMILES string of the molecule is COc1ccc(NS(N)(=O)=O)c2cccnc12. The van der Waals surface area contributed by atoms with Crippen LogP contribution >= 0.6 is 0 Å². The highest BCUT2D eigenvalue weighted by Crippen LogP contribution is 2.29. The lowest BCUT2D eigenvalue weighted by Gasteiger charge is -2.09. The van der Waals surface area contributed by atoms with E-state index >= 15 is 0 Å². The Bertz CT molecular complexity index is 655. The fourth-order valence-corrected chi connectivity index (χ4v) is 2.04. The number of ether oxygens (including phenoxy) is 1. The lowest BCUT2D eigenvalue weighted by Crippen LogP contribution is -2.21. The van der Waals surface area contributed by atoms with E-state index in [0.29, 0.717) is 22.3 Å². The van der Waals surface area contributed by atoms with Gasteiger partial charge in [-0.3, -0.25) is 9.71 Å². The molecule has 0 spiro atoms. The fraction of sp³-hybridized carbons (Fsp3) is 0.100. The van der Waals surface area contributed by atoms with Crippen LogP contribution in [0.2, 0.25) is 0 Å². The highest BCUT2D eigenvalue weighted by molar-refractivity contribution is 7.90. The largest absolute Gasteiger partial charge is 0.494 e. The summed E-state index contributed by atoms with van der Waals surface area (Å²) in [5, 5.41) is 5.56. The maximum atomic E-state index is 11.0. The van der Waals surface area contributed by atoms with Crippen molar-refractivity contribution in [2.75, 3.05) is 11.8 Å². The predicted molar refractivity (Wildman–Crippen MR) is 65.0 cm³/mol. The van der Waals surface area contributed by atoms with E-state index in [9.17, 15) is 8.42 Å². The van der Waals surface area contributed by atoms with Gasteiger partial charge in [0.05, 0.1) is 12.8 Å². The van der Waals surface area contributed by atoms with Crippen molar-refractivity contribution in [1.82, 2.24) is 4.98 Å². The maximum absolute atomic E-state index is 11.0. The zero-order valence-electron chi connectivity index (χ0n) is 9.04. The Morgan fingerprint density at radius 1 is 1.35 bits per heavy atom. The number of aromatic nitrogens is 1. The van der Waals surface area contributed by atoms with Crippen molar-refractivity contribution in [3.8, 4) is 5.75 Å². The zero-order valence-corrected chi connectivity index (χ0v) is 9.86. The van der Waals surface area contributed by atoms with Gasteiger partial charge in [-0.2, -0.15) is 8.42 Å². The maximum Gasteiger partial charge on any atom is 0.296 e. The number of fused-ring (bicyclic) bond motifs is 1. The van der Waals surface area contributed by atoms with Gasteiger partial charge in [-0.1, -0.05) is 0 Å². The molecule has 0 radical (unpaired) electrons. The predicted octanol–water partition coefficient (Wildman–Crippen LogP) is 0.859. The molecule has 0 aliphatic carbocycles. The first-order chi connectivity index (χ1) is 8.01. The minimum atomic E-state index is -3.81. The van der Waals surface area contributed by atoms with E-state index in [0.717, 1.165) is 0 Å². The van der Waals surface area contributed by atoms with Crippen LogP contribution in [0.15, 0.2) is 30.5 Å². The van der Waals surface area contributed by atoms with Gasteiger partial charge >= 0.3 is 0 Å². The molecule has 1 aromatic heterocycles. The van der Waals surface area contributed by atoms with Gasteiger partial charge in [0, 0.05) is 11.6 Å². The second kappa shape index (κ2) is 4.19. The molecule has 0 atom stereocenters. The molecule has 0 fully saturated rings. The van der Waals surface area contributed by atoms with E-state index in [1.165, 1.54) is 7.11 Å². The second-order valence-electron chi connectivity index (χ2n) is 3.36. The van der Waals surface area contributed by atoms with E-state index < -0.39 is 10.2 Å².